The minimum atomic E-state index is -1.05. The highest BCUT2D eigenvalue weighted by Crippen LogP contribution is 2.31. The maximum Gasteiger partial charge on any atom is 0.336 e. The molecule has 24 heavy (non-hydrogen) atoms. The second-order valence-corrected chi connectivity index (χ2v) is 5.76. The molecular weight excluding hydrogens is 312 g/mol. The average molecular weight is 336 g/mol. The maximum absolute atomic E-state index is 12.1. The van der Waals surface area contributed by atoms with E-state index in [1.807, 2.05) is 4.90 Å². The van der Waals surface area contributed by atoms with Gasteiger partial charge in [0.25, 0.3) is 0 Å². The molecule has 1 aromatic rings. The molecule has 0 unspecified atom stereocenters. The summed E-state index contributed by atoms with van der Waals surface area (Å²) in [6, 6.07) is 2.90. The summed E-state index contributed by atoms with van der Waals surface area (Å²) < 4.78 is 10.5. The minimum absolute atomic E-state index is 0.0425. The number of benzene rings is 1. The van der Waals surface area contributed by atoms with E-state index in [9.17, 15) is 14.7 Å². The van der Waals surface area contributed by atoms with Gasteiger partial charge in [-0.2, -0.15) is 0 Å². The van der Waals surface area contributed by atoms with Crippen molar-refractivity contribution in [1.29, 1.82) is 0 Å². The van der Waals surface area contributed by atoms with E-state index >= 15 is 0 Å². The fourth-order valence-electron chi connectivity index (χ4n) is 3.12. The van der Waals surface area contributed by atoms with Crippen molar-refractivity contribution in [1.82, 2.24) is 10.2 Å². The van der Waals surface area contributed by atoms with E-state index in [-0.39, 0.29) is 17.5 Å². The number of aromatic carboxylic acids is 1. The summed E-state index contributed by atoms with van der Waals surface area (Å²) in [5, 5.41) is 12.2. The summed E-state index contributed by atoms with van der Waals surface area (Å²) in [7, 11) is 4.59. The van der Waals surface area contributed by atoms with E-state index in [1.54, 1.807) is 13.1 Å². The molecule has 1 atom stereocenters. The molecule has 2 N–H and O–H groups in total. The Hall–Kier alpha value is -2.28. The number of carboxylic acids is 1. The maximum atomic E-state index is 12.1. The van der Waals surface area contributed by atoms with Crippen LogP contribution in [-0.4, -0.2) is 55.7 Å². The van der Waals surface area contributed by atoms with Gasteiger partial charge in [0.2, 0.25) is 5.91 Å². The Kier molecular flexibility index (Phi) is 6.03. The lowest BCUT2D eigenvalue weighted by Crippen LogP contribution is -2.48. The number of hydrogen-bond donors (Lipinski definition) is 2. The minimum Gasteiger partial charge on any atom is -0.497 e. The zero-order valence-electron chi connectivity index (χ0n) is 14.3. The lowest BCUT2D eigenvalue weighted by molar-refractivity contribution is -0.127. The third kappa shape index (κ3) is 3.79. The molecule has 1 heterocycles. The van der Waals surface area contributed by atoms with Crippen LogP contribution in [0.2, 0.25) is 0 Å². The van der Waals surface area contributed by atoms with Crippen molar-refractivity contribution in [2.75, 3.05) is 27.8 Å². The predicted octanol–water partition coefficient (Wildman–Crippen LogP) is 1.50. The number of carboxylic acid groups (broad SMARTS) is 1. The Balaban J connectivity index is 2.39. The number of amides is 1. The standard InChI is InChI=1S/C17H24N2O5/c1-18-16(20)14-6-4-5-7-19(14)10-13-12(17(21)22)8-11(23-2)9-15(13)24-3/h8-9,14H,4-7,10H2,1-3H3,(H,18,20)(H,21,22)/t14-/m1/s1. The molecule has 0 radical (unpaired) electrons. The zero-order valence-corrected chi connectivity index (χ0v) is 14.3. The number of hydrogen-bond acceptors (Lipinski definition) is 5. The van der Waals surface area contributed by atoms with E-state index in [2.05, 4.69) is 5.32 Å². The molecular formula is C17H24N2O5. The number of ether oxygens (including phenoxy) is 2. The molecule has 1 aliphatic heterocycles. The van der Waals surface area contributed by atoms with Crippen LogP contribution in [0.15, 0.2) is 12.1 Å². The second kappa shape index (κ2) is 8.01. The number of carbonyl (C=O) groups excluding carboxylic acids is 1. The smallest absolute Gasteiger partial charge is 0.336 e. The molecule has 0 spiro atoms. The summed E-state index contributed by atoms with van der Waals surface area (Å²) >= 11 is 0. The van der Waals surface area contributed by atoms with Gasteiger partial charge in [0, 0.05) is 25.2 Å². The lowest BCUT2D eigenvalue weighted by atomic mass is 9.98. The molecule has 1 amide bonds. The molecule has 0 aromatic heterocycles. The average Bonchev–Trinajstić information content (AvgIpc) is 2.61. The molecule has 7 heteroatoms. The molecule has 2 rings (SSSR count). The van der Waals surface area contributed by atoms with Crippen molar-refractivity contribution >= 4 is 11.9 Å². The Labute approximate surface area is 141 Å². The second-order valence-electron chi connectivity index (χ2n) is 5.76. The summed E-state index contributed by atoms with van der Waals surface area (Å²) in [6.45, 7) is 1.08. The van der Waals surface area contributed by atoms with Gasteiger partial charge >= 0.3 is 5.97 Å². The first-order chi connectivity index (χ1) is 11.5. The van der Waals surface area contributed by atoms with Gasteiger partial charge in [-0.3, -0.25) is 9.69 Å². The van der Waals surface area contributed by atoms with Crippen LogP contribution in [0.4, 0.5) is 0 Å². The summed E-state index contributed by atoms with van der Waals surface area (Å²) in [5.41, 5.74) is 0.689. The van der Waals surface area contributed by atoms with Gasteiger partial charge in [-0.1, -0.05) is 6.42 Å². The van der Waals surface area contributed by atoms with Crippen molar-refractivity contribution < 1.29 is 24.2 Å². The third-order valence-electron chi connectivity index (χ3n) is 4.39. The van der Waals surface area contributed by atoms with Crippen LogP contribution in [0, 0.1) is 0 Å². The third-order valence-corrected chi connectivity index (χ3v) is 4.39. The Morgan fingerprint density at radius 3 is 2.62 bits per heavy atom. The molecule has 0 aliphatic carbocycles. The molecule has 0 saturated carbocycles. The number of likely N-dealkylation sites (tertiary alicyclic amines) is 1. The number of likely N-dealkylation sites (N-methyl/N-ethyl adjacent to an activating group) is 1. The van der Waals surface area contributed by atoms with Crippen LogP contribution in [-0.2, 0) is 11.3 Å². The first kappa shape index (κ1) is 18.1. The van der Waals surface area contributed by atoms with E-state index in [0.29, 0.717) is 23.6 Å². The number of carbonyl (C=O) groups is 2. The first-order valence-electron chi connectivity index (χ1n) is 7.95. The van der Waals surface area contributed by atoms with Gasteiger partial charge < -0.3 is 19.9 Å². The molecule has 7 nitrogen and oxygen atoms in total. The van der Waals surface area contributed by atoms with Crippen molar-refractivity contribution in [3.63, 3.8) is 0 Å². The Bertz CT molecular complexity index is 617. The molecule has 0 bridgehead atoms. The normalized spacial score (nSPS) is 18.0. The number of nitrogens with zero attached hydrogens (tertiary/aromatic N) is 1. The highest BCUT2D eigenvalue weighted by molar-refractivity contribution is 5.91. The lowest BCUT2D eigenvalue weighted by Gasteiger charge is -2.35. The number of nitrogens with one attached hydrogen (secondary N) is 1. The van der Waals surface area contributed by atoms with Crippen molar-refractivity contribution in [2.24, 2.45) is 0 Å². The fraction of sp³-hybridized carbons (Fsp3) is 0.529. The summed E-state index contributed by atoms with van der Waals surface area (Å²) in [6.07, 6.45) is 2.73. The van der Waals surface area contributed by atoms with Crippen LogP contribution < -0.4 is 14.8 Å². The van der Waals surface area contributed by atoms with Crippen LogP contribution in [0.1, 0.15) is 35.2 Å². The van der Waals surface area contributed by atoms with Crippen LogP contribution >= 0.6 is 0 Å². The largest absolute Gasteiger partial charge is 0.497 e. The van der Waals surface area contributed by atoms with E-state index in [1.165, 1.54) is 20.3 Å². The van der Waals surface area contributed by atoms with Gasteiger partial charge in [0.15, 0.2) is 0 Å². The number of piperidine rings is 1. The molecule has 1 saturated heterocycles. The van der Waals surface area contributed by atoms with E-state index < -0.39 is 5.97 Å². The highest BCUT2D eigenvalue weighted by Gasteiger charge is 2.30. The van der Waals surface area contributed by atoms with Gasteiger partial charge in [0.05, 0.1) is 25.8 Å². The van der Waals surface area contributed by atoms with Crippen LogP contribution in [0.25, 0.3) is 0 Å². The molecule has 1 fully saturated rings. The van der Waals surface area contributed by atoms with Gasteiger partial charge in [-0.15, -0.1) is 0 Å². The first-order valence-corrected chi connectivity index (χ1v) is 7.95. The topological polar surface area (TPSA) is 88.1 Å². The summed E-state index contributed by atoms with van der Waals surface area (Å²) in [4.78, 5) is 25.8. The number of methoxy groups -OCH3 is 2. The van der Waals surface area contributed by atoms with Crippen LogP contribution in [0.3, 0.4) is 0 Å². The number of rotatable bonds is 6. The molecule has 1 aromatic carbocycles. The zero-order chi connectivity index (χ0) is 17.7. The SMILES string of the molecule is CNC(=O)[C@H]1CCCCN1Cc1c(OC)cc(OC)cc1C(=O)O. The Morgan fingerprint density at radius 2 is 2.04 bits per heavy atom. The van der Waals surface area contributed by atoms with E-state index in [0.717, 1.165) is 25.8 Å². The monoisotopic (exact) mass is 336 g/mol. The van der Waals surface area contributed by atoms with E-state index in [4.69, 9.17) is 9.47 Å². The quantitative estimate of drug-likeness (QED) is 0.818. The van der Waals surface area contributed by atoms with Crippen molar-refractivity contribution in [3.05, 3.63) is 23.3 Å². The van der Waals surface area contributed by atoms with Gasteiger partial charge in [-0.25, -0.2) is 4.79 Å². The van der Waals surface area contributed by atoms with Crippen LogP contribution in [0.5, 0.6) is 11.5 Å². The van der Waals surface area contributed by atoms with Crippen molar-refractivity contribution in [2.45, 2.75) is 31.8 Å². The van der Waals surface area contributed by atoms with Gasteiger partial charge in [0.1, 0.15) is 11.5 Å². The summed E-state index contributed by atoms with van der Waals surface area (Å²) in [5.74, 6) is -0.211. The Morgan fingerprint density at radius 1 is 1.29 bits per heavy atom. The molecule has 1 aliphatic rings. The van der Waals surface area contributed by atoms with Crippen molar-refractivity contribution in [3.8, 4) is 11.5 Å². The predicted molar refractivity (Wildman–Crippen MR) is 88.6 cm³/mol. The van der Waals surface area contributed by atoms with Gasteiger partial charge in [-0.05, 0) is 25.5 Å². The highest BCUT2D eigenvalue weighted by atomic mass is 16.5. The fourth-order valence-corrected chi connectivity index (χ4v) is 3.12. The molecule has 132 valence electrons.